The first kappa shape index (κ1) is 19.5. The summed E-state index contributed by atoms with van der Waals surface area (Å²) in [5.74, 6) is 0.329. The molecular weight excluding hydrogens is 400 g/mol. The zero-order valence-electron chi connectivity index (χ0n) is 18.4. The van der Waals surface area contributed by atoms with Crippen LogP contribution in [0.25, 0.3) is 10.8 Å². The van der Waals surface area contributed by atoms with Crippen molar-refractivity contribution in [2.24, 2.45) is 5.41 Å². The summed E-state index contributed by atoms with van der Waals surface area (Å²) in [5, 5.41) is 9.78. The van der Waals surface area contributed by atoms with E-state index in [2.05, 4.69) is 45.3 Å². The van der Waals surface area contributed by atoms with Gasteiger partial charge in [-0.2, -0.15) is 5.10 Å². The molecule has 0 spiro atoms. The third-order valence-corrected chi connectivity index (χ3v) is 7.77. The third kappa shape index (κ3) is 3.04. The fraction of sp³-hybridized carbons (Fsp3) is 0.423. The van der Waals surface area contributed by atoms with Gasteiger partial charge < -0.3 is 10.2 Å². The van der Waals surface area contributed by atoms with E-state index in [4.69, 9.17) is 0 Å². The molecule has 32 heavy (non-hydrogen) atoms. The molecule has 6 nitrogen and oxygen atoms in total. The predicted octanol–water partition coefficient (Wildman–Crippen LogP) is 4.55. The monoisotopic (exact) mass is 428 g/mol. The predicted molar refractivity (Wildman–Crippen MR) is 124 cm³/mol. The van der Waals surface area contributed by atoms with Crippen LogP contribution in [-0.2, 0) is 11.2 Å². The van der Waals surface area contributed by atoms with Crippen molar-refractivity contribution in [3.05, 3.63) is 59.4 Å². The van der Waals surface area contributed by atoms with Crippen LogP contribution >= 0.6 is 0 Å². The van der Waals surface area contributed by atoms with E-state index >= 15 is 0 Å². The second kappa shape index (κ2) is 7.19. The molecule has 0 unspecified atom stereocenters. The molecule has 6 heteroatoms. The summed E-state index contributed by atoms with van der Waals surface area (Å²) in [6, 6.07) is 10.4. The van der Waals surface area contributed by atoms with Crippen LogP contribution in [0.3, 0.4) is 0 Å². The Bertz CT molecular complexity index is 1230. The zero-order chi connectivity index (χ0) is 21.9. The number of amides is 2. The Morgan fingerprint density at radius 2 is 2.00 bits per heavy atom. The number of nitrogens with one attached hydrogen (secondary N) is 1. The van der Waals surface area contributed by atoms with Crippen LogP contribution in [0.5, 0.6) is 0 Å². The van der Waals surface area contributed by atoms with Crippen LogP contribution in [0, 0.1) is 5.41 Å². The Morgan fingerprint density at radius 3 is 2.75 bits per heavy atom. The highest BCUT2D eigenvalue weighted by Gasteiger charge is 2.42. The summed E-state index contributed by atoms with van der Waals surface area (Å²) in [5.41, 5.74) is 3.93. The standard InChI is InChI=1S/C26H28N4O2/c1-26(10-3-11-26)25(32)29-12-8-19(9-13-29)30-16-17(15-27-30)14-18-6-7-22-23-20(18)4-2-5-21(23)24(31)28-22/h2,4-7,15-16,19H,3,8-14H2,1H3,(H,28,31). The van der Waals surface area contributed by atoms with Gasteiger partial charge in [0.1, 0.15) is 0 Å². The largest absolute Gasteiger partial charge is 0.342 e. The summed E-state index contributed by atoms with van der Waals surface area (Å²) < 4.78 is 2.09. The van der Waals surface area contributed by atoms with Gasteiger partial charge in [-0.3, -0.25) is 14.3 Å². The maximum absolute atomic E-state index is 12.8. The molecule has 0 atom stereocenters. The molecule has 2 fully saturated rings. The fourth-order valence-corrected chi connectivity index (χ4v) is 5.63. The van der Waals surface area contributed by atoms with E-state index in [0.717, 1.165) is 67.2 Å². The molecule has 3 aliphatic rings. The summed E-state index contributed by atoms with van der Waals surface area (Å²) in [6.07, 6.45) is 10.1. The van der Waals surface area contributed by atoms with E-state index in [1.165, 1.54) is 17.5 Å². The molecule has 6 rings (SSSR count). The Hall–Kier alpha value is -3.15. The van der Waals surface area contributed by atoms with Gasteiger partial charge >= 0.3 is 0 Å². The van der Waals surface area contributed by atoms with Crippen molar-refractivity contribution in [1.82, 2.24) is 14.7 Å². The van der Waals surface area contributed by atoms with Gasteiger partial charge in [-0.05, 0) is 54.3 Å². The minimum absolute atomic E-state index is 0.0216. The van der Waals surface area contributed by atoms with E-state index in [1.54, 1.807) is 0 Å². The van der Waals surface area contributed by atoms with E-state index in [0.29, 0.717) is 11.9 Å². The first-order chi connectivity index (χ1) is 15.5. The lowest BCUT2D eigenvalue weighted by atomic mass is 9.69. The molecule has 1 aromatic heterocycles. The highest BCUT2D eigenvalue weighted by atomic mass is 16.2. The first-order valence-electron chi connectivity index (χ1n) is 11.7. The van der Waals surface area contributed by atoms with E-state index in [9.17, 15) is 9.59 Å². The average molecular weight is 429 g/mol. The molecule has 2 amide bonds. The van der Waals surface area contributed by atoms with Gasteiger partial charge in [0, 0.05) is 47.8 Å². The van der Waals surface area contributed by atoms with Gasteiger partial charge in [0.15, 0.2) is 0 Å². The Balaban J connectivity index is 1.16. The van der Waals surface area contributed by atoms with Crippen molar-refractivity contribution in [2.75, 3.05) is 18.4 Å². The number of nitrogens with zero attached hydrogens (tertiary/aromatic N) is 3. The molecule has 164 valence electrons. The van der Waals surface area contributed by atoms with Crippen molar-refractivity contribution < 1.29 is 9.59 Å². The second-order valence-electron chi connectivity index (χ2n) is 9.90. The molecule has 3 heterocycles. The Kier molecular flexibility index (Phi) is 4.39. The topological polar surface area (TPSA) is 67.2 Å². The maximum atomic E-state index is 12.8. The lowest BCUT2D eigenvalue weighted by Gasteiger charge is -2.43. The van der Waals surface area contributed by atoms with Crippen LogP contribution in [0.4, 0.5) is 5.69 Å². The summed E-state index contributed by atoms with van der Waals surface area (Å²) in [7, 11) is 0. The Labute approximate surface area is 187 Å². The first-order valence-corrected chi connectivity index (χ1v) is 11.7. The zero-order valence-corrected chi connectivity index (χ0v) is 18.4. The maximum Gasteiger partial charge on any atom is 0.256 e. The van der Waals surface area contributed by atoms with E-state index in [-0.39, 0.29) is 11.3 Å². The number of piperidine rings is 1. The van der Waals surface area contributed by atoms with Crippen LogP contribution in [-0.4, -0.2) is 39.6 Å². The van der Waals surface area contributed by atoms with Gasteiger partial charge in [-0.15, -0.1) is 0 Å². The molecule has 3 aromatic rings. The number of likely N-dealkylation sites (tertiary alicyclic amines) is 1. The van der Waals surface area contributed by atoms with Gasteiger partial charge in [0.25, 0.3) is 5.91 Å². The van der Waals surface area contributed by atoms with Crippen LogP contribution in [0.15, 0.2) is 42.7 Å². The van der Waals surface area contributed by atoms with Crippen molar-refractivity contribution in [3.63, 3.8) is 0 Å². The van der Waals surface area contributed by atoms with Crippen LogP contribution in [0.1, 0.15) is 66.6 Å². The van der Waals surface area contributed by atoms with Gasteiger partial charge in [-0.25, -0.2) is 0 Å². The summed E-state index contributed by atoms with van der Waals surface area (Å²) >= 11 is 0. The number of benzene rings is 2. The highest BCUT2D eigenvalue weighted by Crippen LogP contribution is 2.42. The number of hydrogen-bond donors (Lipinski definition) is 1. The quantitative estimate of drug-likeness (QED) is 0.663. The molecule has 1 aliphatic carbocycles. The smallest absolute Gasteiger partial charge is 0.256 e. The highest BCUT2D eigenvalue weighted by molar-refractivity contribution is 6.24. The second-order valence-corrected chi connectivity index (χ2v) is 9.90. The molecule has 1 saturated heterocycles. The number of anilines is 1. The van der Waals surface area contributed by atoms with Crippen molar-refractivity contribution in [3.8, 4) is 0 Å². The average Bonchev–Trinajstić information content (AvgIpc) is 3.39. The fourth-order valence-electron chi connectivity index (χ4n) is 5.63. The van der Waals surface area contributed by atoms with Crippen molar-refractivity contribution >= 4 is 28.3 Å². The molecule has 0 radical (unpaired) electrons. The van der Waals surface area contributed by atoms with Crippen LogP contribution < -0.4 is 5.32 Å². The van der Waals surface area contributed by atoms with Crippen molar-refractivity contribution in [1.29, 1.82) is 0 Å². The molecule has 1 N–H and O–H groups in total. The van der Waals surface area contributed by atoms with E-state index < -0.39 is 0 Å². The molecule has 0 bridgehead atoms. The number of aromatic nitrogens is 2. The van der Waals surface area contributed by atoms with Gasteiger partial charge in [0.05, 0.1) is 12.2 Å². The minimum atomic E-state index is -0.106. The molecule has 2 aliphatic heterocycles. The Morgan fingerprint density at radius 1 is 1.19 bits per heavy atom. The molecule has 1 saturated carbocycles. The normalized spacial score (nSPS) is 19.8. The number of rotatable bonds is 4. The lowest BCUT2D eigenvalue weighted by molar-refractivity contribution is -0.147. The summed E-state index contributed by atoms with van der Waals surface area (Å²) in [4.78, 5) is 27.1. The lowest BCUT2D eigenvalue weighted by Crippen LogP contribution is -2.49. The number of carbonyl (C=O) groups is 2. The summed E-state index contributed by atoms with van der Waals surface area (Å²) in [6.45, 7) is 3.77. The van der Waals surface area contributed by atoms with Crippen molar-refractivity contribution in [2.45, 2.75) is 51.5 Å². The number of carbonyl (C=O) groups excluding carboxylic acids is 2. The van der Waals surface area contributed by atoms with Crippen LogP contribution in [0.2, 0.25) is 0 Å². The SMILES string of the molecule is CC1(C(=O)N2CCC(n3cc(Cc4ccc5c6c(cccc46)C(=O)N5)cn3)CC2)CCC1. The molecular formula is C26H28N4O2. The van der Waals surface area contributed by atoms with Gasteiger partial charge in [-0.1, -0.05) is 31.5 Å². The van der Waals surface area contributed by atoms with E-state index in [1.807, 2.05) is 24.4 Å². The minimum Gasteiger partial charge on any atom is -0.342 e. The molecule has 2 aromatic carbocycles. The third-order valence-electron chi connectivity index (χ3n) is 7.77. The number of hydrogen-bond acceptors (Lipinski definition) is 3. The van der Waals surface area contributed by atoms with Gasteiger partial charge in [0.2, 0.25) is 5.91 Å².